The van der Waals surface area contributed by atoms with Crippen LogP contribution in [0.3, 0.4) is 0 Å². The third kappa shape index (κ3) is 5.31. The minimum absolute atomic E-state index is 0.0432. The van der Waals surface area contributed by atoms with Crippen LogP contribution in [-0.4, -0.2) is 47.7 Å². The second-order valence-corrected chi connectivity index (χ2v) is 7.72. The van der Waals surface area contributed by atoms with Gasteiger partial charge in [-0.1, -0.05) is 61.6 Å². The minimum atomic E-state index is -0.955. The van der Waals surface area contributed by atoms with Crippen LogP contribution in [0.5, 0.6) is 0 Å². The molecular weight excluding hydrogens is 356 g/mol. The van der Waals surface area contributed by atoms with Crippen molar-refractivity contribution in [1.29, 1.82) is 0 Å². The van der Waals surface area contributed by atoms with Crippen LogP contribution in [-0.2, 0) is 14.3 Å². The Labute approximate surface area is 166 Å². The number of carboxylic acid groups (broad SMARTS) is 1. The lowest BCUT2D eigenvalue weighted by molar-refractivity contribution is -0.141. The van der Waals surface area contributed by atoms with Crippen LogP contribution in [0, 0.1) is 11.8 Å². The molecule has 2 saturated heterocycles. The van der Waals surface area contributed by atoms with Gasteiger partial charge in [-0.05, 0) is 30.7 Å². The van der Waals surface area contributed by atoms with E-state index >= 15 is 0 Å². The van der Waals surface area contributed by atoms with Crippen LogP contribution in [0.15, 0.2) is 54.6 Å². The molecule has 2 fully saturated rings. The van der Waals surface area contributed by atoms with Crippen molar-refractivity contribution in [1.82, 2.24) is 0 Å². The molecule has 3 rings (SSSR count). The normalized spacial score (nSPS) is 28.9. The molecule has 2 bridgehead atoms. The standard InChI is InChI=1S/C23H30O5/c1-16(17-7-3-2-4-8-17)20(24)11-10-19-18(21-12-13-22(19)28-21)9-5-6-14-27-15-23(25)26/h2-8,10-11,16,18-22,24H,9,12-15H2,1H3,(H,25,26)/b6-5-,11-10+/t16-,18+,19-,20-,21-,22+/m0/s1. The minimum Gasteiger partial charge on any atom is -0.480 e. The van der Waals surface area contributed by atoms with Gasteiger partial charge in [-0.3, -0.25) is 0 Å². The Balaban J connectivity index is 1.54. The van der Waals surface area contributed by atoms with Crippen LogP contribution >= 0.6 is 0 Å². The molecule has 152 valence electrons. The maximum atomic E-state index is 10.6. The fourth-order valence-electron chi connectivity index (χ4n) is 4.28. The zero-order chi connectivity index (χ0) is 19.9. The summed E-state index contributed by atoms with van der Waals surface area (Å²) < 4.78 is 11.1. The maximum Gasteiger partial charge on any atom is 0.329 e. The van der Waals surface area contributed by atoms with Gasteiger partial charge in [0, 0.05) is 11.8 Å². The van der Waals surface area contributed by atoms with E-state index in [0.29, 0.717) is 18.4 Å². The molecule has 2 N–H and O–H groups in total. The molecule has 0 radical (unpaired) electrons. The molecule has 5 nitrogen and oxygen atoms in total. The van der Waals surface area contributed by atoms with Crippen molar-refractivity contribution in [2.75, 3.05) is 13.2 Å². The first-order valence-electron chi connectivity index (χ1n) is 10.1. The van der Waals surface area contributed by atoms with Crippen LogP contribution in [0.2, 0.25) is 0 Å². The van der Waals surface area contributed by atoms with Crippen molar-refractivity contribution >= 4 is 5.97 Å². The monoisotopic (exact) mass is 386 g/mol. The van der Waals surface area contributed by atoms with Gasteiger partial charge in [-0.15, -0.1) is 0 Å². The number of rotatable bonds is 10. The number of aliphatic hydroxyl groups excluding tert-OH is 1. The van der Waals surface area contributed by atoms with E-state index in [4.69, 9.17) is 14.6 Å². The fourth-order valence-corrected chi connectivity index (χ4v) is 4.28. The summed E-state index contributed by atoms with van der Waals surface area (Å²) in [7, 11) is 0. The number of aliphatic hydroxyl groups is 1. The first-order valence-corrected chi connectivity index (χ1v) is 10.1. The Hall–Kier alpha value is -1.95. The topological polar surface area (TPSA) is 76.0 Å². The molecule has 0 unspecified atom stereocenters. The summed E-state index contributed by atoms with van der Waals surface area (Å²) in [6.45, 7) is 2.07. The van der Waals surface area contributed by atoms with E-state index in [1.165, 1.54) is 0 Å². The van der Waals surface area contributed by atoms with Gasteiger partial charge in [0.05, 0.1) is 24.9 Å². The van der Waals surface area contributed by atoms with Gasteiger partial charge in [0.25, 0.3) is 0 Å². The van der Waals surface area contributed by atoms with Crippen LogP contribution in [0.1, 0.15) is 37.7 Å². The van der Waals surface area contributed by atoms with Gasteiger partial charge in [0.2, 0.25) is 0 Å². The van der Waals surface area contributed by atoms with E-state index in [-0.39, 0.29) is 24.7 Å². The van der Waals surface area contributed by atoms with Crippen molar-refractivity contribution in [2.24, 2.45) is 11.8 Å². The molecule has 2 heterocycles. The third-order valence-electron chi connectivity index (χ3n) is 5.87. The predicted molar refractivity (Wildman–Crippen MR) is 107 cm³/mol. The molecule has 2 aliphatic heterocycles. The lowest BCUT2D eigenvalue weighted by Crippen LogP contribution is -2.26. The van der Waals surface area contributed by atoms with Crippen LogP contribution in [0.4, 0.5) is 0 Å². The molecule has 2 aliphatic rings. The summed E-state index contributed by atoms with van der Waals surface area (Å²) >= 11 is 0. The van der Waals surface area contributed by atoms with Gasteiger partial charge in [0.15, 0.2) is 0 Å². The molecule has 5 heteroatoms. The van der Waals surface area contributed by atoms with Crippen LogP contribution in [0.25, 0.3) is 0 Å². The zero-order valence-corrected chi connectivity index (χ0v) is 16.3. The molecule has 0 aromatic heterocycles. The van der Waals surface area contributed by atoms with Crippen molar-refractivity contribution in [3.8, 4) is 0 Å². The molecule has 0 saturated carbocycles. The fraction of sp³-hybridized carbons (Fsp3) is 0.522. The Morgan fingerprint density at radius 2 is 2.00 bits per heavy atom. The van der Waals surface area contributed by atoms with E-state index in [1.54, 1.807) is 0 Å². The van der Waals surface area contributed by atoms with Crippen molar-refractivity contribution < 1.29 is 24.5 Å². The third-order valence-corrected chi connectivity index (χ3v) is 5.87. The van der Waals surface area contributed by atoms with E-state index in [1.807, 2.05) is 49.4 Å². The number of carboxylic acids is 1. The highest BCUT2D eigenvalue weighted by atomic mass is 16.5. The molecule has 6 atom stereocenters. The summed E-state index contributed by atoms with van der Waals surface area (Å²) in [6, 6.07) is 10.1. The largest absolute Gasteiger partial charge is 0.480 e. The molecule has 0 amide bonds. The van der Waals surface area contributed by atoms with Gasteiger partial charge < -0.3 is 19.7 Å². The lowest BCUT2D eigenvalue weighted by Gasteiger charge is -2.25. The highest BCUT2D eigenvalue weighted by molar-refractivity contribution is 5.67. The summed E-state index contributed by atoms with van der Waals surface area (Å²) in [5.74, 6) is -0.212. The van der Waals surface area contributed by atoms with E-state index in [2.05, 4.69) is 12.2 Å². The number of benzene rings is 1. The quantitative estimate of drug-likeness (QED) is 0.475. The van der Waals surface area contributed by atoms with E-state index < -0.39 is 12.1 Å². The summed E-state index contributed by atoms with van der Waals surface area (Å²) in [5, 5.41) is 19.2. The highest BCUT2D eigenvalue weighted by Gasteiger charge is 2.46. The summed E-state index contributed by atoms with van der Waals surface area (Å²) in [6.07, 6.45) is 11.0. The Morgan fingerprint density at radius 1 is 1.25 bits per heavy atom. The van der Waals surface area contributed by atoms with Crippen molar-refractivity contribution in [3.05, 3.63) is 60.2 Å². The number of allylic oxidation sites excluding steroid dienone is 1. The van der Waals surface area contributed by atoms with Gasteiger partial charge in [-0.2, -0.15) is 0 Å². The second-order valence-electron chi connectivity index (χ2n) is 7.72. The zero-order valence-electron chi connectivity index (χ0n) is 16.3. The molecule has 0 aliphatic carbocycles. The number of hydrogen-bond donors (Lipinski definition) is 2. The number of ether oxygens (including phenoxy) is 2. The summed E-state index contributed by atoms with van der Waals surface area (Å²) in [4.78, 5) is 10.4. The predicted octanol–water partition coefficient (Wildman–Crippen LogP) is 3.55. The molecule has 1 aromatic carbocycles. The average molecular weight is 386 g/mol. The van der Waals surface area contributed by atoms with Gasteiger partial charge in [0.1, 0.15) is 6.61 Å². The lowest BCUT2D eigenvalue weighted by atomic mass is 9.77. The first-order chi connectivity index (χ1) is 13.6. The van der Waals surface area contributed by atoms with Gasteiger partial charge >= 0.3 is 5.97 Å². The highest BCUT2D eigenvalue weighted by Crippen LogP contribution is 2.46. The van der Waals surface area contributed by atoms with E-state index in [9.17, 15) is 9.90 Å². The number of hydrogen-bond acceptors (Lipinski definition) is 4. The number of carbonyl (C=O) groups is 1. The Bertz CT molecular complexity index is 683. The Kier molecular flexibility index (Phi) is 7.43. The smallest absolute Gasteiger partial charge is 0.329 e. The number of fused-ring (bicyclic) bond motifs is 2. The van der Waals surface area contributed by atoms with Crippen LogP contribution < -0.4 is 0 Å². The molecular formula is C23H30O5. The SMILES string of the molecule is C[C@@H](c1ccccc1)[C@@H](O)/C=C/[C@H]1[C@@H](C/C=C\COCC(=O)O)[C@@H]2CC[C@H]1O2. The van der Waals surface area contributed by atoms with Crippen molar-refractivity contribution in [3.63, 3.8) is 0 Å². The van der Waals surface area contributed by atoms with E-state index in [0.717, 1.165) is 24.8 Å². The molecule has 28 heavy (non-hydrogen) atoms. The van der Waals surface area contributed by atoms with Crippen molar-refractivity contribution in [2.45, 2.75) is 50.4 Å². The average Bonchev–Trinajstić information content (AvgIpc) is 3.30. The summed E-state index contributed by atoms with van der Waals surface area (Å²) in [5.41, 5.74) is 1.13. The number of aliphatic carboxylic acids is 1. The van der Waals surface area contributed by atoms with Gasteiger partial charge in [-0.25, -0.2) is 4.79 Å². The first kappa shape index (κ1) is 20.8. The molecule has 0 spiro atoms. The second kappa shape index (κ2) is 10.0. The molecule has 1 aromatic rings. The Morgan fingerprint density at radius 3 is 2.75 bits per heavy atom. The maximum absolute atomic E-state index is 10.6.